The Bertz CT molecular complexity index is 1490. The van der Waals surface area contributed by atoms with E-state index in [1.54, 1.807) is 6.07 Å². The molecular weight excluding hydrogens is 578 g/mol. The number of nitrogens with zero attached hydrogens (tertiary/aromatic N) is 2. The molecule has 2 saturated heterocycles. The molecule has 15 heteroatoms. The fourth-order valence-corrected chi connectivity index (χ4v) is 5.52. The number of ether oxygens (including phenoxy) is 2. The number of fused-ring (bicyclic) bond motifs is 5. The number of hydrogen-bond donors (Lipinski definition) is 0. The van der Waals surface area contributed by atoms with Gasteiger partial charge in [0.05, 0.1) is 0 Å². The van der Waals surface area contributed by atoms with Gasteiger partial charge < -0.3 is 9.47 Å². The number of alkyl halides is 6. The second kappa shape index (κ2) is 9.70. The molecular formula is C27H18F6N2O7. The summed E-state index contributed by atoms with van der Waals surface area (Å²) in [6.45, 7) is 0. The van der Waals surface area contributed by atoms with Crippen LogP contribution in [0.1, 0.15) is 11.1 Å². The van der Waals surface area contributed by atoms with Crippen LogP contribution in [-0.4, -0.2) is 69.2 Å². The summed E-state index contributed by atoms with van der Waals surface area (Å²) >= 11 is 0. The monoisotopic (exact) mass is 596 g/mol. The first-order valence-corrected chi connectivity index (χ1v) is 12.2. The third kappa shape index (κ3) is 4.48. The first-order chi connectivity index (χ1) is 19.6. The Morgan fingerprint density at radius 2 is 1.26 bits per heavy atom. The van der Waals surface area contributed by atoms with E-state index in [1.807, 2.05) is 0 Å². The molecule has 2 aromatic carbocycles. The number of hydrazine groups is 1. The molecule has 0 radical (unpaired) electrons. The van der Waals surface area contributed by atoms with Crippen LogP contribution in [0.25, 0.3) is 0 Å². The van der Waals surface area contributed by atoms with Crippen molar-refractivity contribution in [3.05, 3.63) is 84.1 Å². The maximum Gasteiger partial charge on any atom is 0.491 e. The number of carbonyl (C=O) groups excluding carboxylic acids is 5. The third-order valence-corrected chi connectivity index (χ3v) is 7.19. The smallest absolute Gasteiger partial charge is 0.434 e. The highest BCUT2D eigenvalue weighted by Crippen LogP contribution is 2.52. The van der Waals surface area contributed by atoms with Crippen molar-refractivity contribution in [1.82, 2.24) is 10.0 Å². The summed E-state index contributed by atoms with van der Waals surface area (Å²) in [5, 5.41) is 1.06. The lowest BCUT2D eigenvalue weighted by Crippen LogP contribution is -2.62. The van der Waals surface area contributed by atoms with Crippen LogP contribution in [0.4, 0.5) is 26.3 Å². The second-order valence-electron chi connectivity index (χ2n) is 9.77. The average Bonchev–Trinajstić information content (AvgIpc) is 3.20. The Balaban J connectivity index is 1.66. The van der Waals surface area contributed by atoms with Crippen LogP contribution in [0.3, 0.4) is 0 Å². The van der Waals surface area contributed by atoms with Gasteiger partial charge in [0.1, 0.15) is 12.0 Å². The molecule has 220 valence electrons. The SMILES string of the molecule is O=C1C=CN2N3C(=O)C(Cc4ccccc4)(OC(=O)C(F)(F)F)C(=O)C3C1C2(Cc1ccccc1)OC(=O)C(F)(F)F. The highest BCUT2D eigenvalue weighted by atomic mass is 19.4. The van der Waals surface area contributed by atoms with Crippen LogP contribution < -0.4 is 0 Å². The molecule has 9 nitrogen and oxygen atoms in total. The van der Waals surface area contributed by atoms with Crippen molar-refractivity contribution >= 4 is 29.4 Å². The van der Waals surface area contributed by atoms with Crippen molar-refractivity contribution in [2.24, 2.45) is 5.92 Å². The molecule has 4 unspecified atom stereocenters. The van der Waals surface area contributed by atoms with Crippen molar-refractivity contribution in [3.63, 3.8) is 0 Å². The lowest BCUT2D eigenvalue weighted by molar-refractivity contribution is -0.241. The summed E-state index contributed by atoms with van der Waals surface area (Å²) in [7, 11) is 0. The topological polar surface area (TPSA) is 110 Å². The molecule has 0 aromatic heterocycles. The molecule has 0 aliphatic carbocycles. The van der Waals surface area contributed by atoms with E-state index in [2.05, 4.69) is 4.74 Å². The number of allylic oxidation sites excluding steroid dienone is 1. The Morgan fingerprint density at radius 3 is 1.79 bits per heavy atom. The van der Waals surface area contributed by atoms with Gasteiger partial charge in [0.15, 0.2) is 5.78 Å². The molecule has 3 heterocycles. The predicted octanol–water partition coefficient (Wildman–Crippen LogP) is 2.84. The molecule has 42 heavy (non-hydrogen) atoms. The van der Waals surface area contributed by atoms with Crippen molar-refractivity contribution < 1.29 is 59.8 Å². The lowest BCUT2D eigenvalue weighted by Gasteiger charge is -2.44. The van der Waals surface area contributed by atoms with Gasteiger partial charge >= 0.3 is 24.3 Å². The minimum Gasteiger partial charge on any atom is -0.434 e. The van der Waals surface area contributed by atoms with E-state index in [1.165, 1.54) is 54.6 Å². The largest absolute Gasteiger partial charge is 0.491 e. The Morgan fingerprint density at radius 1 is 0.762 bits per heavy atom. The van der Waals surface area contributed by atoms with Crippen molar-refractivity contribution in [2.75, 3.05) is 0 Å². The number of ketones is 2. The van der Waals surface area contributed by atoms with E-state index in [-0.39, 0.29) is 11.1 Å². The van der Waals surface area contributed by atoms with Gasteiger partial charge in [-0.15, -0.1) is 0 Å². The highest BCUT2D eigenvalue weighted by molar-refractivity contribution is 6.21. The predicted molar refractivity (Wildman–Crippen MR) is 125 cm³/mol. The van der Waals surface area contributed by atoms with Crippen LogP contribution >= 0.6 is 0 Å². The molecule has 4 atom stereocenters. The fourth-order valence-electron chi connectivity index (χ4n) is 5.52. The third-order valence-electron chi connectivity index (χ3n) is 7.19. The molecule has 0 N–H and O–H groups in total. The zero-order valence-electron chi connectivity index (χ0n) is 21.0. The summed E-state index contributed by atoms with van der Waals surface area (Å²) in [4.78, 5) is 65.4. The average molecular weight is 596 g/mol. The van der Waals surface area contributed by atoms with Gasteiger partial charge in [-0.3, -0.25) is 14.4 Å². The number of carbonyl (C=O) groups is 5. The number of rotatable bonds is 6. The van der Waals surface area contributed by atoms with E-state index < -0.39 is 77.9 Å². The molecule has 3 aliphatic heterocycles. The maximum absolute atomic E-state index is 14.0. The van der Waals surface area contributed by atoms with Gasteiger partial charge in [-0.05, 0) is 17.2 Å². The normalized spacial score (nSPS) is 26.9. The zero-order chi connectivity index (χ0) is 30.7. The van der Waals surface area contributed by atoms with E-state index in [4.69, 9.17) is 4.74 Å². The van der Waals surface area contributed by atoms with Crippen molar-refractivity contribution in [1.29, 1.82) is 0 Å². The van der Waals surface area contributed by atoms with Crippen LogP contribution in [0.15, 0.2) is 72.9 Å². The summed E-state index contributed by atoms with van der Waals surface area (Å²) in [6.07, 6.45) is -11.1. The number of amides is 1. The number of halogens is 6. The van der Waals surface area contributed by atoms with Crippen LogP contribution in [0.5, 0.6) is 0 Å². The molecule has 1 amide bonds. The second-order valence-corrected chi connectivity index (χ2v) is 9.77. The first kappa shape index (κ1) is 28.8. The minimum atomic E-state index is -5.64. The molecule has 2 aromatic rings. The van der Waals surface area contributed by atoms with Crippen molar-refractivity contribution in [2.45, 2.75) is 42.6 Å². The van der Waals surface area contributed by atoms with E-state index in [0.717, 1.165) is 12.3 Å². The molecule has 0 saturated carbocycles. The van der Waals surface area contributed by atoms with E-state index in [0.29, 0.717) is 10.0 Å². The standard InChI is InChI=1S/C27H18F6N2O7/c28-26(29,30)22(39)41-24(13-15-7-3-1-4-8-15)20(37)19-18-17(36)11-12-34(35(19)21(24)38)25(18,42-23(40)27(31,32)33)14-16-9-5-2-6-10-16/h1-12,18-19H,13-14H2. The summed E-state index contributed by atoms with van der Waals surface area (Å²) in [6, 6.07) is 12.4. The number of esters is 2. The van der Waals surface area contributed by atoms with Crippen LogP contribution in [0.2, 0.25) is 0 Å². The lowest BCUT2D eigenvalue weighted by atomic mass is 9.77. The van der Waals surface area contributed by atoms with Gasteiger partial charge in [-0.2, -0.15) is 26.3 Å². The van der Waals surface area contributed by atoms with Gasteiger partial charge in [0.25, 0.3) is 11.5 Å². The molecule has 2 bridgehead atoms. The van der Waals surface area contributed by atoms with Gasteiger partial charge in [0, 0.05) is 19.0 Å². The minimum absolute atomic E-state index is 0.0939. The van der Waals surface area contributed by atoms with E-state index >= 15 is 0 Å². The summed E-state index contributed by atoms with van der Waals surface area (Å²) in [5.74, 6) is -11.8. The zero-order valence-corrected chi connectivity index (χ0v) is 21.0. The van der Waals surface area contributed by atoms with E-state index in [9.17, 15) is 50.3 Å². The van der Waals surface area contributed by atoms with Crippen LogP contribution in [0, 0.1) is 5.92 Å². The number of benzene rings is 2. The molecule has 2 fully saturated rings. The molecule has 0 spiro atoms. The molecule has 3 aliphatic rings. The van der Waals surface area contributed by atoms with Gasteiger partial charge in [-0.1, -0.05) is 60.7 Å². The maximum atomic E-state index is 14.0. The Labute approximate surface area is 232 Å². The fraction of sp³-hybridized carbons (Fsp3) is 0.296. The summed E-state index contributed by atoms with van der Waals surface area (Å²) in [5.41, 5.74) is -5.46. The highest BCUT2D eigenvalue weighted by Gasteiger charge is 2.77. The first-order valence-electron chi connectivity index (χ1n) is 12.2. The molecule has 5 rings (SSSR count). The van der Waals surface area contributed by atoms with Gasteiger partial charge in [-0.25, -0.2) is 19.6 Å². The van der Waals surface area contributed by atoms with Crippen LogP contribution in [-0.2, 0) is 46.3 Å². The van der Waals surface area contributed by atoms with Gasteiger partial charge in [0.2, 0.25) is 11.5 Å². The summed E-state index contributed by atoms with van der Waals surface area (Å²) < 4.78 is 89.8. The van der Waals surface area contributed by atoms with Crippen molar-refractivity contribution in [3.8, 4) is 0 Å². The number of Topliss-reactive ketones (excluding diaryl/α,β-unsaturated/α-hetero) is 1. The Hall–Kier alpha value is -4.69. The quantitative estimate of drug-likeness (QED) is 0.285. The Kier molecular flexibility index (Phi) is 6.66. The number of hydrogen-bond acceptors (Lipinski definition) is 8.